The van der Waals surface area contributed by atoms with E-state index in [1.165, 1.54) is 0 Å². The van der Waals surface area contributed by atoms with Gasteiger partial charge in [0, 0.05) is 36.9 Å². The molecule has 49 heavy (non-hydrogen) atoms. The van der Waals surface area contributed by atoms with Gasteiger partial charge >= 0.3 is 12.1 Å². The zero-order chi connectivity index (χ0) is 36.1. The van der Waals surface area contributed by atoms with Gasteiger partial charge in [0.15, 0.2) is 5.60 Å². The summed E-state index contributed by atoms with van der Waals surface area (Å²) in [4.78, 5) is 42.3. The number of nitrogens with two attached hydrogens (primary N) is 1. The molecule has 1 aromatic carbocycles. The molecular weight excluding hydrogens is 623 g/mol. The molecule has 0 saturated carbocycles. The molecule has 2 aliphatic heterocycles. The first-order valence-electron chi connectivity index (χ1n) is 17.3. The molecule has 13 heteroatoms. The second-order valence-electron chi connectivity index (χ2n) is 14.2. The number of esters is 1. The van der Waals surface area contributed by atoms with Crippen molar-refractivity contribution >= 4 is 31.4 Å². The quantitative estimate of drug-likeness (QED) is 0.140. The molecule has 266 valence electrons. The van der Waals surface area contributed by atoms with Crippen LogP contribution in [0, 0.1) is 17.8 Å². The van der Waals surface area contributed by atoms with Crippen LogP contribution < -0.4 is 11.1 Å². The van der Waals surface area contributed by atoms with E-state index in [-0.39, 0.29) is 24.3 Å². The number of benzene rings is 1. The molecule has 2 aliphatic rings. The Morgan fingerprint density at radius 3 is 2.53 bits per heavy atom. The van der Waals surface area contributed by atoms with Crippen LogP contribution in [0.25, 0.3) is 11.3 Å². The zero-order valence-corrected chi connectivity index (χ0v) is 30.2. The number of methoxy groups -OCH3 is 1. The maximum atomic E-state index is 13.6. The maximum absolute atomic E-state index is 13.6. The lowest BCUT2D eigenvalue weighted by Gasteiger charge is -2.42. The Kier molecular flexibility index (Phi) is 12.4. The molecular formula is C36H53BN6O6. The highest BCUT2D eigenvalue weighted by atomic mass is 16.6. The van der Waals surface area contributed by atoms with Crippen LogP contribution in [0.15, 0.2) is 42.6 Å². The lowest BCUT2D eigenvalue weighted by atomic mass is 9.62. The van der Waals surface area contributed by atoms with Gasteiger partial charge in [0.05, 0.1) is 32.2 Å². The first kappa shape index (κ1) is 38.1. The van der Waals surface area contributed by atoms with Crippen LogP contribution in [0.5, 0.6) is 0 Å². The zero-order valence-electron chi connectivity index (χ0n) is 30.2. The summed E-state index contributed by atoms with van der Waals surface area (Å²) in [5.74, 6) is -3.11. The fourth-order valence-electron chi connectivity index (χ4n) is 7.41. The van der Waals surface area contributed by atoms with Crippen LogP contribution >= 0.6 is 0 Å². The van der Waals surface area contributed by atoms with Crippen LogP contribution in [0.1, 0.15) is 67.7 Å². The molecule has 2 aromatic rings. The fraction of sp³-hybridized carbons (Fsp3) is 0.639. The van der Waals surface area contributed by atoms with Gasteiger partial charge in [0.25, 0.3) is 0 Å². The molecule has 2 radical (unpaired) electrons. The lowest BCUT2D eigenvalue weighted by Crippen LogP contribution is -2.60. The first-order chi connectivity index (χ1) is 23.1. The molecule has 3 N–H and O–H groups in total. The number of anilines is 1. The highest BCUT2D eigenvalue weighted by molar-refractivity contribution is 6.15. The Morgan fingerprint density at radius 1 is 1.14 bits per heavy atom. The molecule has 9 atom stereocenters. The van der Waals surface area contributed by atoms with Crippen molar-refractivity contribution in [2.75, 3.05) is 25.9 Å². The van der Waals surface area contributed by atoms with E-state index in [2.05, 4.69) is 22.6 Å². The number of ketones is 1. The van der Waals surface area contributed by atoms with Crippen LogP contribution in [0.2, 0.25) is 5.82 Å². The third kappa shape index (κ3) is 8.37. The predicted molar refractivity (Wildman–Crippen MR) is 189 cm³/mol. The Morgan fingerprint density at radius 2 is 1.86 bits per heavy atom. The van der Waals surface area contributed by atoms with Crippen molar-refractivity contribution in [3.63, 3.8) is 0 Å². The van der Waals surface area contributed by atoms with Crippen LogP contribution in [0.3, 0.4) is 0 Å². The van der Waals surface area contributed by atoms with Gasteiger partial charge in [0.1, 0.15) is 23.5 Å². The minimum Gasteiger partial charge on any atom is -0.458 e. The fourth-order valence-corrected chi connectivity index (χ4v) is 7.41. The number of Topliss-reactive ketones (excluding diaryl/α,β-unsaturated/α-hetero) is 1. The molecule has 0 bridgehead atoms. The van der Waals surface area contributed by atoms with E-state index < -0.39 is 53.1 Å². The molecule has 12 nitrogen and oxygen atoms in total. The number of carbonyl (C=O) groups excluding carboxylic acids is 3. The highest BCUT2D eigenvalue weighted by Gasteiger charge is 2.58. The normalized spacial score (nSPS) is 33.8. The van der Waals surface area contributed by atoms with E-state index in [9.17, 15) is 14.4 Å². The molecule has 4 rings (SSSR count). The van der Waals surface area contributed by atoms with Crippen molar-refractivity contribution < 1.29 is 28.6 Å². The molecule has 0 aliphatic carbocycles. The summed E-state index contributed by atoms with van der Waals surface area (Å²) in [5.41, 5.74) is 6.18. The molecule has 0 unspecified atom stereocenters. The largest absolute Gasteiger partial charge is 0.458 e. The molecule has 3 heterocycles. The number of aromatic nitrogens is 3. The number of nitrogens with zero attached hydrogens (tertiary/aromatic N) is 4. The van der Waals surface area contributed by atoms with Gasteiger partial charge in [-0.05, 0) is 77.4 Å². The Labute approximate surface area is 291 Å². The Hall–Kier alpha value is -3.71. The summed E-state index contributed by atoms with van der Waals surface area (Å²) < 4.78 is 19.8. The molecule has 1 amide bonds. The van der Waals surface area contributed by atoms with Gasteiger partial charge in [-0.3, -0.25) is 14.5 Å². The molecule has 1 aromatic heterocycles. The minimum absolute atomic E-state index is 0.208. The minimum atomic E-state index is -1.19. The van der Waals surface area contributed by atoms with Crippen molar-refractivity contribution in [2.45, 2.75) is 109 Å². The van der Waals surface area contributed by atoms with Crippen molar-refractivity contribution in [3.05, 3.63) is 42.6 Å². The lowest BCUT2D eigenvalue weighted by molar-refractivity contribution is -0.170. The van der Waals surface area contributed by atoms with Crippen LogP contribution in [-0.2, 0) is 30.3 Å². The summed E-state index contributed by atoms with van der Waals surface area (Å²) in [6.45, 7) is 14.4. The number of hydrogen-bond acceptors (Lipinski definition) is 10. The second kappa shape index (κ2) is 15.9. The molecule has 2 saturated heterocycles. The smallest absolute Gasteiger partial charge is 0.411 e. The first-order valence-corrected chi connectivity index (χ1v) is 17.3. The Bertz CT molecular complexity index is 1500. The number of nitrogen functional groups attached to an aromatic ring is 1. The average molecular weight is 677 g/mol. The van der Waals surface area contributed by atoms with Gasteiger partial charge in [-0.1, -0.05) is 50.3 Å². The SMILES string of the molecule is [B][C@@H]1[C@@H](C)C(=O)[C@@H](C)C(=O)O[C@H](CC)[C@@]2(C)OC(=O)N(C/C=C/Cn3cc(-c4cccc(N)c4)nn3)[C@@H]2[C@H](C)NCC[C@@H](C)C[C@@]1(C)OC. The number of rotatable bonds is 7. The van der Waals surface area contributed by atoms with Gasteiger partial charge < -0.3 is 25.3 Å². The van der Waals surface area contributed by atoms with Gasteiger partial charge in [-0.2, -0.15) is 0 Å². The summed E-state index contributed by atoms with van der Waals surface area (Å²) in [6.07, 6.45) is 6.16. The van der Waals surface area contributed by atoms with Crippen molar-refractivity contribution in [2.24, 2.45) is 17.8 Å². The number of allylic oxidation sites excluding steroid dienone is 1. The number of hydrogen-bond donors (Lipinski definition) is 2. The van der Waals surface area contributed by atoms with Gasteiger partial charge in [-0.15, -0.1) is 5.10 Å². The van der Waals surface area contributed by atoms with Gasteiger partial charge in [0.2, 0.25) is 0 Å². The van der Waals surface area contributed by atoms with Crippen molar-refractivity contribution in [3.8, 4) is 11.3 Å². The standard InChI is InChI=1S/C36H53BN6O6/c1-9-29-36(7)32(43(34(46)49-36)18-11-10-17-42-21-28(40-41-42)26-13-12-14-27(38)19-26)25(5)39-16-15-22(2)20-35(6,47-8)31(37)23(3)30(44)24(4)33(45)48-29/h10-14,19,21-25,29,31-32,39H,9,15-18,20,38H2,1-8H3/b11-10+/t22-,23+,24-,25+,29-,31-,32-,35-,36-/m1/s1. The van der Waals surface area contributed by atoms with Crippen molar-refractivity contribution in [1.82, 2.24) is 25.2 Å². The average Bonchev–Trinajstić information content (AvgIpc) is 3.65. The van der Waals surface area contributed by atoms with E-state index in [1.54, 1.807) is 30.5 Å². The second-order valence-corrected chi connectivity index (χ2v) is 14.2. The third-order valence-electron chi connectivity index (χ3n) is 10.5. The molecule has 0 spiro atoms. The summed E-state index contributed by atoms with van der Waals surface area (Å²) in [5, 5.41) is 12.1. The van der Waals surface area contributed by atoms with E-state index in [4.69, 9.17) is 27.8 Å². The topological polar surface area (TPSA) is 151 Å². The van der Waals surface area contributed by atoms with Gasteiger partial charge in [-0.25, -0.2) is 9.48 Å². The number of cyclic esters (lactones) is 1. The molecule has 2 fully saturated rings. The number of nitrogens with one attached hydrogen (secondary N) is 1. The number of carbonyl (C=O) groups is 3. The van der Waals surface area contributed by atoms with E-state index >= 15 is 0 Å². The highest BCUT2D eigenvalue weighted by Crippen LogP contribution is 2.40. The summed E-state index contributed by atoms with van der Waals surface area (Å²) in [6, 6.07) is 6.73. The number of amides is 1. The summed E-state index contributed by atoms with van der Waals surface area (Å²) in [7, 11) is 8.26. The summed E-state index contributed by atoms with van der Waals surface area (Å²) >= 11 is 0. The van der Waals surface area contributed by atoms with Crippen LogP contribution in [0.4, 0.5) is 10.5 Å². The van der Waals surface area contributed by atoms with E-state index in [0.29, 0.717) is 37.3 Å². The van der Waals surface area contributed by atoms with Crippen LogP contribution in [-0.4, -0.2) is 95.2 Å². The predicted octanol–water partition coefficient (Wildman–Crippen LogP) is 4.60. The monoisotopic (exact) mass is 676 g/mol. The van der Waals surface area contributed by atoms with Crippen molar-refractivity contribution in [1.29, 1.82) is 0 Å². The Balaban J connectivity index is 1.57. The van der Waals surface area contributed by atoms with E-state index in [0.717, 1.165) is 12.0 Å². The third-order valence-corrected chi connectivity index (χ3v) is 10.5. The number of fused-ring (bicyclic) bond motifs is 1. The van der Waals surface area contributed by atoms with E-state index in [1.807, 2.05) is 70.3 Å². The number of ether oxygens (including phenoxy) is 3. The maximum Gasteiger partial charge on any atom is 0.411 e.